The lowest BCUT2D eigenvalue weighted by molar-refractivity contribution is -0.196. The van der Waals surface area contributed by atoms with Gasteiger partial charge in [-0.3, -0.25) is 14.8 Å². The Labute approximate surface area is 157 Å². The molecule has 1 aromatic heterocycles. The predicted molar refractivity (Wildman–Crippen MR) is 90.1 cm³/mol. The molecule has 0 bridgehead atoms. The molecule has 15 nitrogen and oxygen atoms in total. The number of nitrogens with two attached hydrogens (primary N) is 2. The number of hydrogen-bond donors (Lipinski definition) is 7. The lowest BCUT2D eigenvalue weighted by Gasteiger charge is -2.38. The van der Waals surface area contributed by atoms with Crippen molar-refractivity contribution in [3.05, 3.63) is 22.7 Å². The van der Waals surface area contributed by atoms with Crippen LogP contribution in [0.3, 0.4) is 0 Å². The third-order valence-electron chi connectivity index (χ3n) is 4.13. The first-order valence-corrected chi connectivity index (χ1v) is 10.6. The van der Waals surface area contributed by atoms with Crippen molar-refractivity contribution in [2.24, 2.45) is 5.73 Å². The average Bonchev–Trinajstić information content (AvgIpc) is 2.73. The standard InChI is InChI=1S/C11H20N4O11P2/c1-2-10(18)8(16)6(5-24-28(22,23)26-27(19,20)21)25-11(10,13)15-4-3-7(12)14-9(15)17/h3-4,6,8,16,18H,2,5,13H2,1H3,(H,22,23)(H2,12,14,17)(H2,19,20,21)/t6-,8-,10-,11+/m1/s1. The molecule has 9 N–H and O–H groups in total. The molecule has 2 rings (SSSR count). The zero-order valence-corrected chi connectivity index (χ0v) is 16.1. The minimum atomic E-state index is -5.36. The first kappa shape index (κ1) is 23.1. The highest BCUT2D eigenvalue weighted by Gasteiger charge is 2.64. The van der Waals surface area contributed by atoms with E-state index in [4.69, 9.17) is 26.0 Å². The summed E-state index contributed by atoms with van der Waals surface area (Å²) in [5.41, 5.74) is 8.15. The fraction of sp³-hybridized carbons (Fsp3) is 0.636. The van der Waals surface area contributed by atoms with Crippen molar-refractivity contribution in [1.29, 1.82) is 0 Å². The summed E-state index contributed by atoms with van der Waals surface area (Å²) in [5.74, 6) is -2.52. The van der Waals surface area contributed by atoms with Crippen molar-refractivity contribution in [2.75, 3.05) is 12.3 Å². The van der Waals surface area contributed by atoms with Crippen molar-refractivity contribution in [2.45, 2.75) is 37.0 Å². The summed E-state index contributed by atoms with van der Waals surface area (Å²) in [6.45, 7) is 0.439. The molecule has 1 aliphatic heterocycles. The Morgan fingerprint density at radius 3 is 2.50 bits per heavy atom. The number of anilines is 1. The van der Waals surface area contributed by atoms with E-state index < -0.39 is 51.6 Å². The van der Waals surface area contributed by atoms with E-state index in [-0.39, 0.29) is 12.2 Å². The molecule has 0 radical (unpaired) electrons. The van der Waals surface area contributed by atoms with Gasteiger partial charge in [0.25, 0.3) is 0 Å². The third kappa shape index (κ3) is 4.35. The number of phosphoric acid groups is 2. The van der Waals surface area contributed by atoms with Gasteiger partial charge in [-0.25, -0.2) is 13.9 Å². The van der Waals surface area contributed by atoms with Crippen molar-refractivity contribution in [3.8, 4) is 0 Å². The van der Waals surface area contributed by atoms with Crippen molar-refractivity contribution >= 4 is 21.5 Å². The number of nitrogens with zero attached hydrogens (tertiary/aromatic N) is 2. The van der Waals surface area contributed by atoms with E-state index in [1.165, 1.54) is 13.0 Å². The lowest BCUT2D eigenvalue weighted by Crippen LogP contribution is -2.65. The normalized spacial score (nSPS) is 33.0. The van der Waals surface area contributed by atoms with Crippen molar-refractivity contribution in [1.82, 2.24) is 9.55 Å². The molecule has 1 aromatic rings. The minimum Gasteiger partial charge on any atom is -0.387 e. The van der Waals surface area contributed by atoms with Gasteiger partial charge < -0.3 is 35.4 Å². The average molecular weight is 446 g/mol. The molecular formula is C11H20N4O11P2. The number of rotatable bonds is 7. The zero-order valence-electron chi connectivity index (χ0n) is 14.4. The van der Waals surface area contributed by atoms with Crippen LogP contribution in [-0.2, 0) is 28.6 Å². The monoisotopic (exact) mass is 446 g/mol. The molecule has 1 saturated heterocycles. The summed E-state index contributed by atoms with van der Waals surface area (Å²) in [5, 5.41) is 21.3. The minimum absolute atomic E-state index is 0.140. The molecule has 0 aliphatic carbocycles. The molecule has 0 saturated carbocycles. The smallest absolute Gasteiger partial charge is 0.387 e. The van der Waals surface area contributed by atoms with Gasteiger partial charge in [0, 0.05) is 6.20 Å². The molecule has 28 heavy (non-hydrogen) atoms. The molecule has 160 valence electrons. The third-order valence-corrected chi connectivity index (χ3v) is 6.28. The van der Waals surface area contributed by atoms with Gasteiger partial charge in [-0.15, -0.1) is 0 Å². The van der Waals surface area contributed by atoms with Crippen LogP contribution in [0.5, 0.6) is 0 Å². The van der Waals surface area contributed by atoms with E-state index in [0.29, 0.717) is 4.57 Å². The molecule has 1 aliphatic rings. The van der Waals surface area contributed by atoms with E-state index in [0.717, 1.165) is 6.20 Å². The van der Waals surface area contributed by atoms with E-state index in [1.54, 1.807) is 0 Å². The first-order chi connectivity index (χ1) is 12.7. The van der Waals surface area contributed by atoms with E-state index >= 15 is 0 Å². The van der Waals surface area contributed by atoms with Crippen molar-refractivity contribution < 1.29 is 47.6 Å². The van der Waals surface area contributed by atoms with E-state index in [2.05, 4.69) is 13.8 Å². The molecule has 0 amide bonds. The first-order valence-electron chi connectivity index (χ1n) is 7.62. The Hall–Kier alpha value is -1.22. The Morgan fingerprint density at radius 1 is 1.39 bits per heavy atom. The lowest BCUT2D eigenvalue weighted by atomic mass is 9.88. The number of aromatic nitrogens is 2. The number of ether oxygens (including phenoxy) is 1. The highest BCUT2D eigenvalue weighted by molar-refractivity contribution is 7.60. The maximum absolute atomic E-state index is 12.1. The highest BCUT2D eigenvalue weighted by Crippen LogP contribution is 2.58. The summed E-state index contributed by atoms with van der Waals surface area (Å²) >= 11 is 0. The molecule has 1 unspecified atom stereocenters. The van der Waals surface area contributed by atoms with Gasteiger partial charge >= 0.3 is 21.3 Å². The van der Waals surface area contributed by atoms with Gasteiger partial charge in [0.15, 0.2) is 5.60 Å². The van der Waals surface area contributed by atoms with Crippen LogP contribution < -0.4 is 17.2 Å². The maximum Gasteiger partial charge on any atom is 0.481 e. The van der Waals surface area contributed by atoms with Crippen LogP contribution >= 0.6 is 15.6 Å². The number of phosphoric ester groups is 1. The summed E-state index contributed by atoms with van der Waals surface area (Å²) < 4.78 is 36.3. The molecule has 1 fully saturated rings. The zero-order chi connectivity index (χ0) is 21.5. The van der Waals surface area contributed by atoms with Gasteiger partial charge in [-0.2, -0.15) is 9.29 Å². The SMILES string of the molecule is CC[C@@]1(O)[C@H](O)[C@@H](COP(=O)(O)OP(=O)(O)O)O[C@@]1(N)n1ccc(N)nc1=O. The van der Waals surface area contributed by atoms with Gasteiger partial charge in [-0.1, -0.05) is 6.92 Å². The fourth-order valence-corrected chi connectivity index (χ4v) is 4.36. The van der Waals surface area contributed by atoms with Crippen LogP contribution in [0.4, 0.5) is 5.82 Å². The maximum atomic E-state index is 12.1. The molecule has 0 aromatic carbocycles. The number of aliphatic hydroxyl groups excluding tert-OH is 1. The molecule has 2 heterocycles. The molecule has 0 spiro atoms. The summed E-state index contributed by atoms with van der Waals surface area (Å²) in [6.07, 6.45) is -2.62. The number of aliphatic hydroxyl groups is 2. The van der Waals surface area contributed by atoms with Gasteiger partial charge in [0.05, 0.1) is 6.61 Å². The predicted octanol–water partition coefficient (Wildman–Crippen LogP) is -2.48. The van der Waals surface area contributed by atoms with Gasteiger partial charge in [0.1, 0.15) is 18.0 Å². The molecule has 5 atom stereocenters. The largest absolute Gasteiger partial charge is 0.481 e. The second-order valence-electron chi connectivity index (χ2n) is 5.92. The summed E-state index contributed by atoms with van der Waals surface area (Å²) in [4.78, 5) is 42.1. The quantitative estimate of drug-likeness (QED) is 0.214. The Kier molecular flexibility index (Phi) is 6.22. The second-order valence-corrected chi connectivity index (χ2v) is 8.75. The van der Waals surface area contributed by atoms with Gasteiger partial charge in [-0.05, 0) is 12.5 Å². The van der Waals surface area contributed by atoms with Gasteiger partial charge in [0.2, 0.25) is 5.85 Å². The Morgan fingerprint density at radius 2 is 2.00 bits per heavy atom. The topological polar surface area (TPSA) is 250 Å². The number of nitrogen functional groups attached to an aromatic ring is 1. The van der Waals surface area contributed by atoms with Crippen LogP contribution in [0.1, 0.15) is 13.3 Å². The van der Waals surface area contributed by atoms with E-state index in [9.17, 15) is 29.0 Å². The van der Waals surface area contributed by atoms with E-state index in [1.807, 2.05) is 0 Å². The van der Waals surface area contributed by atoms with Crippen LogP contribution in [0.25, 0.3) is 0 Å². The van der Waals surface area contributed by atoms with Crippen LogP contribution in [0.15, 0.2) is 17.1 Å². The van der Waals surface area contributed by atoms with Crippen LogP contribution in [0, 0.1) is 0 Å². The van der Waals surface area contributed by atoms with Crippen LogP contribution in [-0.4, -0.2) is 58.9 Å². The highest BCUT2D eigenvalue weighted by atomic mass is 31.3. The number of hydrogen-bond acceptors (Lipinski definition) is 11. The summed E-state index contributed by atoms with van der Waals surface area (Å²) in [6, 6.07) is 1.18. The Balaban J connectivity index is 2.32. The van der Waals surface area contributed by atoms with Crippen molar-refractivity contribution in [3.63, 3.8) is 0 Å². The van der Waals surface area contributed by atoms with Crippen LogP contribution in [0.2, 0.25) is 0 Å². The molecular weight excluding hydrogens is 426 g/mol. The molecule has 17 heteroatoms. The Bertz CT molecular complexity index is 890. The summed E-state index contributed by atoms with van der Waals surface area (Å²) in [7, 11) is -10.6. The fourth-order valence-electron chi connectivity index (χ4n) is 2.76. The second kappa shape index (κ2) is 7.55.